The fourth-order valence-corrected chi connectivity index (χ4v) is 2.81. The maximum absolute atomic E-state index is 12.0. The van der Waals surface area contributed by atoms with Crippen molar-refractivity contribution in [1.29, 1.82) is 0 Å². The highest BCUT2D eigenvalue weighted by molar-refractivity contribution is 7.86. The summed E-state index contributed by atoms with van der Waals surface area (Å²) in [4.78, 5) is 0.0611. The van der Waals surface area contributed by atoms with Gasteiger partial charge >= 0.3 is 0 Å². The van der Waals surface area contributed by atoms with Crippen molar-refractivity contribution in [2.75, 3.05) is 13.7 Å². The van der Waals surface area contributed by atoms with Crippen LogP contribution in [-0.2, 0) is 19.0 Å². The highest BCUT2D eigenvalue weighted by Gasteiger charge is 2.26. The fourth-order valence-electron chi connectivity index (χ4n) is 1.88. The third kappa shape index (κ3) is 4.93. The molecule has 0 bridgehead atoms. The van der Waals surface area contributed by atoms with Crippen LogP contribution >= 0.6 is 0 Å². The maximum atomic E-state index is 12.0. The normalized spacial score (nSPS) is 16.2. The molecule has 0 aliphatic rings. The van der Waals surface area contributed by atoms with Crippen molar-refractivity contribution < 1.29 is 22.4 Å². The molecule has 0 aliphatic heterocycles. The Morgan fingerprint density at radius 3 is 2.38 bits per heavy atom. The number of aliphatic hydroxyl groups excluding tert-OH is 1. The Labute approximate surface area is 126 Å². The summed E-state index contributed by atoms with van der Waals surface area (Å²) in [6.45, 7) is 6.94. The third-order valence-corrected chi connectivity index (χ3v) is 4.54. The van der Waals surface area contributed by atoms with Crippen LogP contribution in [0.5, 0.6) is 0 Å². The Bertz CT molecular complexity index is 550. The first-order valence-corrected chi connectivity index (χ1v) is 8.02. The van der Waals surface area contributed by atoms with Gasteiger partial charge in [0.1, 0.15) is 6.10 Å². The fraction of sp³-hybridized carbons (Fsp3) is 0.467. The molecule has 3 atom stereocenters. The van der Waals surface area contributed by atoms with Crippen molar-refractivity contribution in [3.8, 4) is 0 Å². The first kappa shape index (κ1) is 17.8. The second kappa shape index (κ2) is 7.70. The summed E-state index contributed by atoms with van der Waals surface area (Å²) in [5.41, 5.74) is 0.952. The number of hydrogen-bond acceptors (Lipinski definition) is 5. The average Bonchev–Trinajstić information content (AvgIpc) is 2.46. The van der Waals surface area contributed by atoms with Crippen molar-refractivity contribution in [3.63, 3.8) is 0 Å². The molecule has 0 aromatic heterocycles. The molecule has 1 aromatic carbocycles. The first-order chi connectivity index (χ1) is 9.81. The number of aryl methyl sites for hydroxylation is 1. The van der Waals surface area contributed by atoms with E-state index in [0.717, 1.165) is 5.56 Å². The molecule has 0 fully saturated rings. The van der Waals surface area contributed by atoms with Gasteiger partial charge in [0.25, 0.3) is 10.1 Å². The van der Waals surface area contributed by atoms with Crippen LogP contribution in [0.4, 0.5) is 0 Å². The van der Waals surface area contributed by atoms with E-state index in [4.69, 9.17) is 8.92 Å². The smallest absolute Gasteiger partial charge is 0.297 e. The summed E-state index contributed by atoms with van der Waals surface area (Å²) in [5.74, 6) is -0.129. The van der Waals surface area contributed by atoms with Crippen molar-refractivity contribution in [1.82, 2.24) is 0 Å². The molecule has 0 unspecified atom stereocenters. The lowest BCUT2D eigenvalue weighted by atomic mass is 10.0. The van der Waals surface area contributed by atoms with E-state index in [1.165, 1.54) is 19.2 Å². The number of benzene rings is 1. The van der Waals surface area contributed by atoms with Crippen LogP contribution in [0.1, 0.15) is 12.5 Å². The van der Waals surface area contributed by atoms with Gasteiger partial charge in [-0.3, -0.25) is 4.18 Å². The van der Waals surface area contributed by atoms with E-state index in [9.17, 15) is 13.5 Å². The molecule has 1 N–H and O–H groups in total. The van der Waals surface area contributed by atoms with Crippen molar-refractivity contribution in [3.05, 3.63) is 42.5 Å². The van der Waals surface area contributed by atoms with Crippen molar-refractivity contribution in [2.45, 2.75) is 31.0 Å². The van der Waals surface area contributed by atoms with Gasteiger partial charge in [-0.25, -0.2) is 0 Å². The number of hydrogen-bond donors (Lipinski definition) is 1. The van der Waals surface area contributed by atoms with Crippen molar-refractivity contribution in [2.24, 2.45) is 5.92 Å². The van der Waals surface area contributed by atoms with Gasteiger partial charge in [-0.15, -0.1) is 6.58 Å². The van der Waals surface area contributed by atoms with Crippen LogP contribution in [-0.4, -0.2) is 39.4 Å². The molecule has 0 spiro atoms. The van der Waals surface area contributed by atoms with Crippen LogP contribution in [0, 0.1) is 12.8 Å². The quantitative estimate of drug-likeness (QED) is 0.586. The van der Waals surface area contributed by atoms with E-state index in [2.05, 4.69) is 6.58 Å². The number of ether oxygens (including phenoxy) is 1. The lowest BCUT2D eigenvalue weighted by Gasteiger charge is -2.25. The van der Waals surface area contributed by atoms with Gasteiger partial charge in [-0.05, 0) is 19.1 Å². The molecule has 1 rings (SSSR count). The summed E-state index contributed by atoms with van der Waals surface area (Å²) in [5, 5.41) is 10.0. The minimum atomic E-state index is -3.89. The van der Waals surface area contributed by atoms with E-state index in [0.29, 0.717) is 0 Å². The summed E-state index contributed by atoms with van der Waals surface area (Å²) in [6.07, 6.45) is -0.00906. The molecular weight excluding hydrogens is 292 g/mol. The van der Waals surface area contributed by atoms with Crippen LogP contribution in [0.25, 0.3) is 0 Å². The zero-order chi connectivity index (χ0) is 16.0. The topological polar surface area (TPSA) is 72.8 Å². The molecule has 0 saturated heterocycles. The van der Waals surface area contributed by atoms with Gasteiger partial charge in [-0.1, -0.05) is 30.7 Å². The highest BCUT2D eigenvalue weighted by Crippen LogP contribution is 2.17. The van der Waals surface area contributed by atoms with Gasteiger partial charge in [0, 0.05) is 13.0 Å². The van der Waals surface area contributed by atoms with Gasteiger partial charge in [0.2, 0.25) is 0 Å². The molecule has 0 heterocycles. The summed E-state index contributed by atoms with van der Waals surface area (Å²) in [7, 11) is -2.44. The Morgan fingerprint density at radius 2 is 1.90 bits per heavy atom. The zero-order valence-corrected chi connectivity index (χ0v) is 13.3. The largest absolute Gasteiger partial charge is 0.388 e. The molecule has 0 amide bonds. The van der Waals surface area contributed by atoms with Crippen LogP contribution in [0.2, 0.25) is 0 Å². The van der Waals surface area contributed by atoms with E-state index >= 15 is 0 Å². The van der Waals surface area contributed by atoms with E-state index in [1.807, 2.05) is 13.8 Å². The maximum Gasteiger partial charge on any atom is 0.297 e. The van der Waals surface area contributed by atoms with Gasteiger partial charge in [0.15, 0.2) is 0 Å². The van der Waals surface area contributed by atoms with Crippen LogP contribution in [0.15, 0.2) is 41.8 Å². The molecule has 0 radical (unpaired) electrons. The van der Waals surface area contributed by atoms with E-state index in [-0.39, 0.29) is 17.4 Å². The van der Waals surface area contributed by atoms with Crippen LogP contribution < -0.4 is 0 Å². The minimum Gasteiger partial charge on any atom is -0.388 e. The lowest BCUT2D eigenvalue weighted by Crippen LogP contribution is -2.37. The molecule has 0 aliphatic carbocycles. The number of methoxy groups -OCH3 is 1. The van der Waals surface area contributed by atoms with Gasteiger partial charge < -0.3 is 9.84 Å². The molecule has 118 valence electrons. The predicted octanol–water partition coefficient (Wildman–Crippen LogP) is 1.90. The highest BCUT2D eigenvalue weighted by atomic mass is 32.2. The molecule has 6 heteroatoms. The SMILES string of the molecule is C=C[C@H](C)[C@@H](OC)[C@H](O)COS(=O)(=O)c1ccc(C)cc1. The standard InChI is InChI=1S/C15H22O5S/c1-5-12(3)15(19-4)14(16)10-20-21(17,18)13-8-6-11(2)7-9-13/h5-9,12,14-16H,1,10H2,2-4H3/t12-,14+,15+/m0/s1. The number of rotatable bonds is 8. The molecular formula is C15H22O5S. The zero-order valence-electron chi connectivity index (χ0n) is 12.5. The van der Waals surface area contributed by atoms with Crippen molar-refractivity contribution >= 4 is 10.1 Å². The Kier molecular flexibility index (Phi) is 6.54. The van der Waals surface area contributed by atoms with E-state index in [1.54, 1.807) is 18.2 Å². The average molecular weight is 314 g/mol. The summed E-state index contributed by atoms with van der Waals surface area (Å²) in [6, 6.07) is 6.31. The van der Waals surface area contributed by atoms with E-state index < -0.39 is 22.3 Å². The Morgan fingerprint density at radius 1 is 1.33 bits per heavy atom. The summed E-state index contributed by atoms with van der Waals surface area (Å²) >= 11 is 0. The second-order valence-corrected chi connectivity index (χ2v) is 6.53. The Hall–Kier alpha value is -1.21. The van der Waals surface area contributed by atoms with Crippen LogP contribution in [0.3, 0.4) is 0 Å². The lowest BCUT2D eigenvalue weighted by molar-refractivity contribution is -0.0483. The molecule has 1 aromatic rings. The second-order valence-electron chi connectivity index (χ2n) is 4.91. The van der Waals surface area contributed by atoms with Gasteiger partial charge in [0.05, 0.1) is 17.6 Å². The predicted molar refractivity (Wildman–Crippen MR) is 80.5 cm³/mol. The minimum absolute atomic E-state index is 0.0611. The molecule has 21 heavy (non-hydrogen) atoms. The van der Waals surface area contributed by atoms with Gasteiger partial charge in [-0.2, -0.15) is 8.42 Å². The third-order valence-electron chi connectivity index (χ3n) is 3.25. The molecule has 0 saturated carbocycles. The first-order valence-electron chi connectivity index (χ1n) is 6.61. The monoisotopic (exact) mass is 314 g/mol. The number of aliphatic hydroxyl groups is 1. The summed E-state index contributed by atoms with van der Waals surface area (Å²) < 4.78 is 34.1. The Balaban J connectivity index is 2.72. The molecule has 5 nitrogen and oxygen atoms in total.